The Kier molecular flexibility index (Phi) is 2.95. The van der Waals surface area contributed by atoms with Gasteiger partial charge in [0, 0.05) is 6.20 Å². The molecule has 0 saturated heterocycles. The predicted molar refractivity (Wildman–Crippen MR) is 67.8 cm³/mol. The van der Waals surface area contributed by atoms with Crippen molar-refractivity contribution < 1.29 is 4.39 Å². The molecule has 0 aliphatic heterocycles. The van der Waals surface area contributed by atoms with Crippen LogP contribution in [0.2, 0.25) is 0 Å². The lowest BCUT2D eigenvalue weighted by atomic mass is 10.0. The largest absolute Gasteiger partial charge is 0.397 e. The second kappa shape index (κ2) is 4.41. The van der Waals surface area contributed by atoms with Crippen LogP contribution in [-0.4, -0.2) is 4.98 Å². The molecule has 3 nitrogen and oxygen atoms in total. The predicted octanol–water partition coefficient (Wildman–Crippen LogP) is 2.61. The van der Waals surface area contributed by atoms with Gasteiger partial charge in [0.1, 0.15) is 5.82 Å². The van der Waals surface area contributed by atoms with E-state index in [0.717, 1.165) is 0 Å². The number of benzene rings is 1. The molecule has 1 aromatic carbocycles. The number of hydrogen-bond acceptors (Lipinski definition) is 3. The number of nitrogens with two attached hydrogens (primary N) is 2. The summed E-state index contributed by atoms with van der Waals surface area (Å²) in [6.45, 7) is 1.87. The minimum atomic E-state index is -0.335. The van der Waals surface area contributed by atoms with Crippen LogP contribution >= 0.6 is 0 Å². The Labute approximate surface area is 99.3 Å². The van der Waals surface area contributed by atoms with Crippen LogP contribution in [0.25, 0.3) is 11.3 Å². The summed E-state index contributed by atoms with van der Waals surface area (Å²) in [4.78, 5) is 4.11. The van der Waals surface area contributed by atoms with E-state index in [1.165, 1.54) is 0 Å². The van der Waals surface area contributed by atoms with Crippen LogP contribution in [0.5, 0.6) is 0 Å². The van der Waals surface area contributed by atoms with Crippen LogP contribution in [0.3, 0.4) is 0 Å². The van der Waals surface area contributed by atoms with E-state index in [4.69, 9.17) is 11.5 Å². The van der Waals surface area contributed by atoms with Gasteiger partial charge < -0.3 is 11.5 Å². The van der Waals surface area contributed by atoms with Crippen molar-refractivity contribution in [1.82, 2.24) is 4.98 Å². The lowest BCUT2D eigenvalue weighted by Gasteiger charge is -2.12. The molecular weight excluding hydrogens is 217 g/mol. The Morgan fingerprint density at radius 2 is 2.06 bits per heavy atom. The molecule has 1 aromatic heterocycles. The molecule has 0 aliphatic rings. The van der Waals surface area contributed by atoms with Gasteiger partial charge in [-0.3, -0.25) is 4.98 Å². The smallest absolute Gasteiger partial charge is 0.138 e. The normalized spacial score (nSPS) is 10.5. The van der Waals surface area contributed by atoms with E-state index in [1.807, 2.05) is 6.92 Å². The molecule has 4 heteroatoms. The average Bonchev–Trinajstić information content (AvgIpc) is 2.35. The third-order valence-electron chi connectivity index (χ3n) is 2.71. The van der Waals surface area contributed by atoms with E-state index >= 15 is 0 Å². The van der Waals surface area contributed by atoms with Crippen LogP contribution in [0.1, 0.15) is 12.5 Å². The first-order valence-electron chi connectivity index (χ1n) is 5.42. The molecule has 0 aliphatic carbocycles. The highest BCUT2D eigenvalue weighted by Crippen LogP contribution is 2.34. The van der Waals surface area contributed by atoms with Crippen LogP contribution in [0.4, 0.5) is 15.8 Å². The van der Waals surface area contributed by atoms with Gasteiger partial charge in [0.2, 0.25) is 0 Å². The maximum atomic E-state index is 14.2. The molecule has 0 atom stereocenters. The summed E-state index contributed by atoms with van der Waals surface area (Å²) in [5.41, 5.74) is 13.6. The van der Waals surface area contributed by atoms with Gasteiger partial charge in [0.25, 0.3) is 0 Å². The van der Waals surface area contributed by atoms with Crippen molar-refractivity contribution in [2.75, 3.05) is 11.5 Å². The van der Waals surface area contributed by atoms with E-state index in [9.17, 15) is 4.39 Å². The molecule has 0 unspecified atom stereocenters. The van der Waals surface area contributed by atoms with Crippen molar-refractivity contribution in [3.63, 3.8) is 0 Å². The van der Waals surface area contributed by atoms with Gasteiger partial charge in [-0.05, 0) is 30.2 Å². The molecule has 0 bridgehead atoms. The number of pyridine rings is 1. The molecular formula is C13H14FN3. The molecule has 2 aromatic rings. The zero-order valence-electron chi connectivity index (χ0n) is 9.57. The topological polar surface area (TPSA) is 64.9 Å². The summed E-state index contributed by atoms with van der Waals surface area (Å²) < 4.78 is 14.2. The number of halogens is 1. The van der Waals surface area contributed by atoms with E-state index in [1.54, 1.807) is 30.5 Å². The Hall–Kier alpha value is -2.10. The first-order valence-corrected chi connectivity index (χ1v) is 5.42. The van der Waals surface area contributed by atoms with E-state index in [0.29, 0.717) is 28.9 Å². The van der Waals surface area contributed by atoms with Crippen LogP contribution in [0.15, 0.2) is 30.5 Å². The van der Waals surface area contributed by atoms with Crippen molar-refractivity contribution in [2.45, 2.75) is 13.3 Å². The first kappa shape index (κ1) is 11.4. The van der Waals surface area contributed by atoms with Crippen molar-refractivity contribution in [2.24, 2.45) is 0 Å². The van der Waals surface area contributed by atoms with Gasteiger partial charge >= 0.3 is 0 Å². The summed E-state index contributed by atoms with van der Waals surface area (Å²) in [5.74, 6) is -0.335. The lowest BCUT2D eigenvalue weighted by Crippen LogP contribution is -2.04. The fraction of sp³-hybridized carbons (Fsp3) is 0.154. The zero-order valence-corrected chi connectivity index (χ0v) is 9.57. The first-order chi connectivity index (χ1) is 8.15. The molecule has 88 valence electrons. The van der Waals surface area contributed by atoms with Crippen molar-refractivity contribution in [1.29, 1.82) is 0 Å². The van der Waals surface area contributed by atoms with Gasteiger partial charge in [-0.15, -0.1) is 0 Å². The lowest BCUT2D eigenvalue weighted by molar-refractivity contribution is 0.616. The van der Waals surface area contributed by atoms with Gasteiger partial charge in [0.05, 0.1) is 22.6 Å². The second-order valence-electron chi connectivity index (χ2n) is 3.80. The molecule has 0 radical (unpaired) electrons. The Balaban J connectivity index is 2.72. The number of anilines is 2. The molecule has 0 spiro atoms. The number of nitrogens with zero attached hydrogens (tertiary/aromatic N) is 1. The number of hydrogen-bond donors (Lipinski definition) is 2. The third kappa shape index (κ3) is 1.93. The summed E-state index contributed by atoms with van der Waals surface area (Å²) in [6, 6.07) is 6.85. The fourth-order valence-corrected chi connectivity index (χ4v) is 1.77. The zero-order chi connectivity index (χ0) is 12.4. The van der Waals surface area contributed by atoms with E-state index < -0.39 is 0 Å². The summed E-state index contributed by atoms with van der Waals surface area (Å²) in [7, 11) is 0. The highest BCUT2D eigenvalue weighted by molar-refractivity contribution is 5.84. The summed E-state index contributed by atoms with van der Waals surface area (Å²) in [5, 5.41) is 0. The number of rotatable bonds is 2. The van der Waals surface area contributed by atoms with Crippen molar-refractivity contribution in [3.05, 3.63) is 41.8 Å². The minimum absolute atomic E-state index is 0.249. The molecule has 0 amide bonds. The minimum Gasteiger partial charge on any atom is -0.397 e. The second-order valence-corrected chi connectivity index (χ2v) is 3.80. The molecule has 1 heterocycles. The molecule has 0 saturated carbocycles. The van der Waals surface area contributed by atoms with E-state index in [2.05, 4.69) is 4.98 Å². The summed E-state index contributed by atoms with van der Waals surface area (Å²) >= 11 is 0. The molecule has 0 fully saturated rings. The van der Waals surface area contributed by atoms with Gasteiger partial charge in [-0.25, -0.2) is 4.39 Å². The number of nitrogen functional groups attached to an aromatic ring is 2. The van der Waals surface area contributed by atoms with E-state index in [-0.39, 0.29) is 11.5 Å². The number of aromatic nitrogens is 1. The fourth-order valence-electron chi connectivity index (χ4n) is 1.77. The monoisotopic (exact) mass is 231 g/mol. The Morgan fingerprint density at radius 3 is 2.65 bits per heavy atom. The standard InChI is InChI=1S/C13H14FN3/c1-2-8-7-9(15)13(16)11(12(8)14)10-5-3-4-6-17-10/h3-7H,2,15-16H2,1H3. The maximum absolute atomic E-state index is 14.2. The average molecular weight is 231 g/mol. The summed E-state index contributed by atoms with van der Waals surface area (Å²) in [6.07, 6.45) is 2.17. The highest BCUT2D eigenvalue weighted by atomic mass is 19.1. The van der Waals surface area contributed by atoms with Crippen LogP contribution < -0.4 is 11.5 Å². The quantitative estimate of drug-likeness (QED) is 0.781. The molecule has 4 N–H and O–H groups in total. The Morgan fingerprint density at radius 1 is 1.29 bits per heavy atom. The molecule has 2 rings (SSSR count). The van der Waals surface area contributed by atoms with Gasteiger partial charge in [-0.2, -0.15) is 0 Å². The van der Waals surface area contributed by atoms with Gasteiger partial charge in [-0.1, -0.05) is 13.0 Å². The maximum Gasteiger partial charge on any atom is 0.138 e. The van der Waals surface area contributed by atoms with Crippen LogP contribution in [0, 0.1) is 5.82 Å². The highest BCUT2D eigenvalue weighted by Gasteiger charge is 2.16. The Bertz CT molecular complexity index is 538. The SMILES string of the molecule is CCc1cc(N)c(N)c(-c2ccccn2)c1F. The van der Waals surface area contributed by atoms with Gasteiger partial charge in [0.15, 0.2) is 0 Å². The van der Waals surface area contributed by atoms with Crippen molar-refractivity contribution in [3.8, 4) is 11.3 Å². The third-order valence-corrected chi connectivity index (χ3v) is 2.71. The van der Waals surface area contributed by atoms with Crippen molar-refractivity contribution >= 4 is 11.4 Å². The number of aryl methyl sites for hydroxylation is 1. The van der Waals surface area contributed by atoms with Crippen LogP contribution in [-0.2, 0) is 6.42 Å². The molecule has 17 heavy (non-hydrogen) atoms.